The average Bonchev–Trinajstić information content (AvgIpc) is 2.54. The van der Waals surface area contributed by atoms with Crippen molar-refractivity contribution in [1.82, 2.24) is 4.90 Å². The summed E-state index contributed by atoms with van der Waals surface area (Å²) in [4.78, 5) is 15.1. The zero-order chi connectivity index (χ0) is 16.8. The Morgan fingerprint density at radius 1 is 1.26 bits per heavy atom. The zero-order valence-electron chi connectivity index (χ0n) is 13.5. The second-order valence-electron chi connectivity index (χ2n) is 5.26. The first-order chi connectivity index (χ1) is 11.0. The molecule has 2 rings (SSSR count). The van der Waals surface area contributed by atoms with Crippen LogP contribution in [0.2, 0.25) is 0 Å². The van der Waals surface area contributed by atoms with E-state index in [1.807, 2.05) is 37.3 Å². The fourth-order valence-corrected chi connectivity index (χ4v) is 3.26. The Labute approximate surface area is 140 Å². The number of thioether (sulfide) groups is 1. The molecule has 0 aliphatic heterocycles. The molecule has 23 heavy (non-hydrogen) atoms. The van der Waals surface area contributed by atoms with E-state index in [1.54, 1.807) is 25.1 Å². The van der Waals surface area contributed by atoms with Crippen molar-refractivity contribution in [2.45, 2.75) is 23.6 Å². The van der Waals surface area contributed by atoms with E-state index < -0.39 is 0 Å². The van der Waals surface area contributed by atoms with E-state index in [1.165, 1.54) is 23.9 Å². The number of hydrogen-bond donors (Lipinski definition) is 0. The number of halogens is 1. The van der Waals surface area contributed by atoms with Crippen molar-refractivity contribution in [3.63, 3.8) is 0 Å². The normalized spacial score (nSPS) is 11.8. The summed E-state index contributed by atoms with van der Waals surface area (Å²) in [5.74, 6) is 0.479. The van der Waals surface area contributed by atoms with Crippen molar-refractivity contribution in [1.29, 1.82) is 0 Å². The maximum absolute atomic E-state index is 13.2. The fraction of sp³-hybridized carbons (Fsp3) is 0.278. The number of ether oxygens (including phenoxy) is 1. The Bertz CT molecular complexity index is 678. The molecule has 0 radical (unpaired) electrons. The van der Waals surface area contributed by atoms with Crippen molar-refractivity contribution in [2.75, 3.05) is 14.2 Å². The largest absolute Gasteiger partial charge is 0.497 e. The van der Waals surface area contributed by atoms with Crippen molar-refractivity contribution in [3.8, 4) is 5.75 Å². The van der Waals surface area contributed by atoms with E-state index in [-0.39, 0.29) is 17.0 Å². The van der Waals surface area contributed by atoms with Crippen LogP contribution in [0.1, 0.15) is 12.5 Å². The first-order valence-electron chi connectivity index (χ1n) is 7.29. The van der Waals surface area contributed by atoms with E-state index in [4.69, 9.17) is 4.74 Å². The highest BCUT2D eigenvalue weighted by Crippen LogP contribution is 2.27. The van der Waals surface area contributed by atoms with E-state index in [9.17, 15) is 9.18 Å². The van der Waals surface area contributed by atoms with Gasteiger partial charge in [-0.05, 0) is 42.8 Å². The smallest absolute Gasteiger partial charge is 0.235 e. The molecule has 3 nitrogen and oxygen atoms in total. The highest BCUT2D eigenvalue weighted by Gasteiger charge is 2.19. The van der Waals surface area contributed by atoms with Crippen LogP contribution in [-0.4, -0.2) is 30.2 Å². The van der Waals surface area contributed by atoms with E-state index in [0.717, 1.165) is 16.2 Å². The predicted molar refractivity (Wildman–Crippen MR) is 91.2 cm³/mol. The third-order valence-electron chi connectivity index (χ3n) is 3.39. The predicted octanol–water partition coefficient (Wildman–Crippen LogP) is 3.97. The first kappa shape index (κ1) is 17.3. The second kappa shape index (κ2) is 8.02. The summed E-state index contributed by atoms with van der Waals surface area (Å²) in [6, 6.07) is 13.9. The summed E-state index contributed by atoms with van der Waals surface area (Å²) in [5.41, 5.74) is 0.777. The van der Waals surface area contributed by atoms with Crippen LogP contribution in [0.4, 0.5) is 4.39 Å². The number of amides is 1. The highest BCUT2D eigenvalue weighted by molar-refractivity contribution is 8.00. The lowest BCUT2D eigenvalue weighted by molar-refractivity contribution is -0.129. The second-order valence-corrected chi connectivity index (χ2v) is 6.68. The lowest BCUT2D eigenvalue weighted by atomic mass is 10.2. The van der Waals surface area contributed by atoms with Crippen LogP contribution in [-0.2, 0) is 11.3 Å². The zero-order valence-corrected chi connectivity index (χ0v) is 14.3. The van der Waals surface area contributed by atoms with Gasteiger partial charge in [0.15, 0.2) is 0 Å². The quantitative estimate of drug-likeness (QED) is 0.749. The number of nitrogens with zero attached hydrogens (tertiary/aromatic N) is 1. The number of benzene rings is 2. The molecule has 0 N–H and O–H groups in total. The maximum atomic E-state index is 13.2. The lowest BCUT2D eigenvalue weighted by Crippen LogP contribution is -2.32. The molecule has 0 saturated carbocycles. The number of methoxy groups -OCH3 is 1. The molecule has 0 aliphatic rings. The molecular weight excluding hydrogens is 313 g/mol. The highest BCUT2D eigenvalue weighted by atomic mass is 32.2. The minimum absolute atomic E-state index is 0.00193. The topological polar surface area (TPSA) is 29.5 Å². The SMILES string of the molecule is COc1cccc(SC(C)C(=O)N(C)Cc2cccc(F)c2)c1. The van der Waals surface area contributed by atoms with Crippen LogP contribution in [0.5, 0.6) is 5.75 Å². The Morgan fingerprint density at radius 2 is 2.00 bits per heavy atom. The van der Waals surface area contributed by atoms with Gasteiger partial charge in [0.2, 0.25) is 5.91 Å². The molecular formula is C18H20FNO2S. The number of hydrogen-bond acceptors (Lipinski definition) is 3. The molecule has 0 bridgehead atoms. The van der Waals surface area contributed by atoms with Gasteiger partial charge in [0.25, 0.3) is 0 Å². The Kier molecular flexibility index (Phi) is 6.04. The lowest BCUT2D eigenvalue weighted by Gasteiger charge is -2.21. The number of rotatable bonds is 6. The first-order valence-corrected chi connectivity index (χ1v) is 8.17. The molecule has 1 atom stereocenters. The van der Waals surface area contributed by atoms with Crippen LogP contribution in [0.25, 0.3) is 0 Å². The summed E-state index contributed by atoms with van der Waals surface area (Å²) in [6.07, 6.45) is 0. The molecule has 2 aromatic rings. The monoisotopic (exact) mass is 333 g/mol. The Hall–Kier alpha value is -2.01. The van der Waals surface area contributed by atoms with Crippen LogP contribution in [0, 0.1) is 5.82 Å². The third-order valence-corrected chi connectivity index (χ3v) is 4.47. The summed E-state index contributed by atoms with van der Waals surface area (Å²) < 4.78 is 18.4. The van der Waals surface area contributed by atoms with Crippen molar-refractivity contribution in [2.24, 2.45) is 0 Å². The van der Waals surface area contributed by atoms with E-state index in [0.29, 0.717) is 6.54 Å². The molecule has 1 unspecified atom stereocenters. The third kappa shape index (κ3) is 4.99. The van der Waals surface area contributed by atoms with Gasteiger partial charge >= 0.3 is 0 Å². The molecule has 0 spiro atoms. The van der Waals surface area contributed by atoms with E-state index >= 15 is 0 Å². The van der Waals surface area contributed by atoms with Gasteiger partial charge < -0.3 is 9.64 Å². The molecule has 0 fully saturated rings. The minimum atomic E-state index is -0.290. The molecule has 2 aromatic carbocycles. The molecule has 0 saturated heterocycles. The molecule has 5 heteroatoms. The Morgan fingerprint density at radius 3 is 2.70 bits per heavy atom. The molecule has 0 aliphatic carbocycles. The van der Waals surface area contributed by atoms with Gasteiger partial charge in [-0.25, -0.2) is 4.39 Å². The number of carbonyl (C=O) groups is 1. The van der Waals surface area contributed by atoms with Gasteiger partial charge in [0, 0.05) is 18.5 Å². The van der Waals surface area contributed by atoms with Gasteiger partial charge in [-0.15, -0.1) is 11.8 Å². The van der Waals surface area contributed by atoms with Gasteiger partial charge in [0.1, 0.15) is 11.6 Å². The summed E-state index contributed by atoms with van der Waals surface area (Å²) in [5, 5.41) is -0.235. The molecule has 122 valence electrons. The summed E-state index contributed by atoms with van der Waals surface area (Å²) >= 11 is 1.48. The molecule has 1 amide bonds. The van der Waals surface area contributed by atoms with Gasteiger partial charge in [-0.3, -0.25) is 4.79 Å². The number of carbonyl (C=O) groups excluding carboxylic acids is 1. The van der Waals surface area contributed by atoms with Crippen molar-refractivity contribution < 1.29 is 13.9 Å². The van der Waals surface area contributed by atoms with Crippen LogP contribution in [0.3, 0.4) is 0 Å². The molecule has 0 heterocycles. The van der Waals surface area contributed by atoms with Crippen LogP contribution in [0.15, 0.2) is 53.4 Å². The minimum Gasteiger partial charge on any atom is -0.497 e. The maximum Gasteiger partial charge on any atom is 0.235 e. The fourth-order valence-electron chi connectivity index (χ4n) is 2.23. The van der Waals surface area contributed by atoms with Gasteiger partial charge in [-0.2, -0.15) is 0 Å². The van der Waals surface area contributed by atoms with E-state index in [2.05, 4.69) is 0 Å². The van der Waals surface area contributed by atoms with Gasteiger partial charge in [0.05, 0.1) is 12.4 Å². The van der Waals surface area contributed by atoms with Crippen molar-refractivity contribution >= 4 is 17.7 Å². The summed E-state index contributed by atoms with van der Waals surface area (Å²) in [6.45, 7) is 2.26. The standard InChI is InChI=1S/C18H20FNO2S/c1-13(23-17-9-5-8-16(11-17)22-3)18(21)20(2)12-14-6-4-7-15(19)10-14/h4-11,13H,12H2,1-3H3. The van der Waals surface area contributed by atoms with Crippen LogP contribution >= 0.6 is 11.8 Å². The van der Waals surface area contributed by atoms with Crippen molar-refractivity contribution in [3.05, 3.63) is 59.9 Å². The van der Waals surface area contributed by atoms with Gasteiger partial charge in [-0.1, -0.05) is 18.2 Å². The molecule has 0 aromatic heterocycles. The summed E-state index contributed by atoms with van der Waals surface area (Å²) in [7, 11) is 3.35. The Balaban J connectivity index is 1.98. The average molecular weight is 333 g/mol. The van der Waals surface area contributed by atoms with Crippen LogP contribution < -0.4 is 4.74 Å².